The minimum absolute atomic E-state index is 0.552. The summed E-state index contributed by atoms with van der Waals surface area (Å²) in [5.74, 6) is 1.45. The van der Waals surface area contributed by atoms with Crippen molar-refractivity contribution in [2.45, 2.75) is 19.9 Å². The Morgan fingerprint density at radius 2 is 2.17 bits per heavy atom. The van der Waals surface area contributed by atoms with E-state index in [0.717, 1.165) is 28.0 Å². The van der Waals surface area contributed by atoms with E-state index in [-0.39, 0.29) is 0 Å². The van der Waals surface area contributed by atoms with Crippen LogP contribution in [0.4, 0.5) is 0 Å². The molecule has 124 valence electrons. The highest BCUT2D eigenvalue weighted by molar-refractivity contribution is 9.10. The minimum Gasteiger partial charge on any atom is -0.314 e. The fourth-order valence-electron chi connectivity index (χ4n) is 2.61. The van der Waals surface area contributed by atoms with Gasteiger partial charge in [-0.2, -0.15) is 0 Å². The Balaban J connectivity index is 1.99. The number of nitrogens with zero attached hydrogens (tertiary/aromatic N) is 2. The first-order valence-electron chi connectivity index (χ1n) is 7.75. The molecular formula is C19H17BrCl2N2. The highest BCUT2D eigenvalue weighted by atomic mass is 79.9. The molecule has 0 saturated carbocycles. The molecule has 1 aromatic heterocycles. The van der Waals surface area contributed by atoms with Gasteiger partial charge in [-0.3, -0.25) is 0 Å². The minimum atomic E-state index is 0.552. The number of hydrogen-bond donors (Lipinski definition) is 0. The number of aromatic nitrogens is 2. The van der Waals surface area contributed by atoms with Crippen LogP contribution in [0.15, 0.2) is 59.4 Å². The van der Waals surface area contributed by atoms with Crippen LogP contribution in [0.25, 0.3) is 5.57 Å². The van der Waals surface area contributed by atoms with E-state index in [4.69, 9.17) is 23.2 Å². The van der Waals surface area contributed by atoms with Crippen molar-refractivity contribution >= 4 is 44.7 Å². The molecule has 1 aliphatic carbocycles. The quantitative estimate of drug-likeness (QED) is 0.548. The van der Waals surface area contributed by atoms with Crippen LogP contribution < -0.4 is 0 Å². The summed E-state index contributed by atoms with van der Waals surface area (Å²) in [7, 11) is 0. The van der Waals surface area contributed by atoms with E-state index in [1.165, 1.54) is 0 Å². The van der Waals surface area contributed by atoms with E-state index in [1.54, 1.807) is 6.07 Å². The predicted molar refractivity (Wildman–Crippen MR) is 106 cm³/mol. The number of benzene rings is 1. The lowest BCUT2D eigenvalue weighted by Crippen LogP contribution is -2.06. The van der Waals surface area contributed by atoms with Crippen molar-refractivity contribution in [1.29, 1.82) is 0 Å². The normalized spacial score (nSPS) is 22.3. The van der Waals surface area contributed by atoms with E-state index in [0.29, 0.717) is 22.5 Å². The first kappa shape index (κ1) is 17.5. The fourth-order valence-corrected chi connectivity index (χ4v) is 3.38. The lowest BCUT2D eigenvalue weighted by molar-refractivity contribution is 0.742. The average molecular weight is 424 g/mol. The van der Waals surface area contributed by atoms with Crippen LogP contribution in [0.1, 0.15) is 24.7 Å². The summed E-state index contributed by atoms with van der Waals surface area (Å²) in [4.78, 5) is 4.57. The van der Waals surface area contributed by atoms with Gasteiger partial charge in [0.05, 0.1) is 12.7 Å². The largest absolute Gasteiger partial charge is 0.314 e. The van der Waals surface area contributed by atoms with E-state index >= 15 is 0 Å². The van der Waals surface area contributed by atoms with Crippen molar-refractivity contribution in [3.8, 4) is 0 Å². The Labute approximate surface area is 160 Å². The second kappa shape index (κ2) is 7.73. The monoisotopic (exact) mass is 422 g/mol. The molecule has 2 nitrogen and oxygen atoms in total. The summed E-state index contributed by atoms with van der Waals surface area (Å²) in [6.07, 6.45) is 13.6. The molecule has 1 aliphatic rings. The van der Waals surface area contributed by atoms with Gasteiger partial charge in [-0.25, -0.2) is 4.98 Å². The number of rotatable bonds is 3. The van der Waals surface area contributed by atoms with E-state index < -0.39 is 0 Å². The van der Waals surface area contributed by atoms with Gasteiger partial charge in [0.25, 0.3) is 0 Å². The van der Waals surface area contributed by atoms with Gasteiger partial charge in [0, 0.05) is 15.6 Å². The Kier molecular flexibility index (Phi) is 5.65. The van der Waals surface area contributed by atoms with Crippen LogP contribution in [0.2, 0.25) is 10.0 Å². The van der Waals surface area contributed by atoms with Crippen LogP contribution in [-0.4, -0.2) is 9.55 Å². The standard InChI is InChI=1S/C19H17BrCl2N2/c1-13-4-2-6-14(7-3-5-13)19-23-11-18(20)24(19)12-15-10-16(21)8-9-17(15)22/h2-4,6-11,13H,5,12H2,1H3/b4-2-,7-3+,14-6+. The molecule has 24 heavy (non-hydrogen) atoms. The third kappa shape index (κ3) is 4.02. The van der Waals surface area contributed by atoms with Crippen molar-refractivity contribution in [2.24, 2.45) is 5.92 Å². The van der Waals surface area contributed by atoms with Crippen LogP contribution in [0.3, 0.4) is 0 Å². The molecule has 2 aromatic rings. The molecule has 1 aromatic carbocycles. The average Bonchev–Trinajstić information content (AvgIpc) is 2.88. The zero-order valence-corrected chi connectivity index (χ0v) is 16.3. The van der Waals surface area contributed by atoms with Gasteiger partial charge in [0.15, 0.2) is 0 Å². The molecule has 0 fully saturated rings. The molecule has 0 aliphatic heterocycles. The summed E-state index contributed by atoms with van der Waals surface area (Å²) in [6, 6.07) is 5.51. The number of hydrogen-bond acceptors (Lipinski definition) is 1. The molecule has 5 heteroatoms. The lowest BCUT2D eigenvalue weighted by Gasteiger charge is -2.13. The van der Waals surface area contributed by atoms with Crippen molar-refractivity contribution in [2.75, 3.05) is 0 Å². The van der Waals surface area contributed by atoms with E-state index in [2.05, 4.69) is 62.8 Å². The lowest BCUT2D eigenvalue weighted by atomic mass is 10.0. The van der Waals surface area contributed by atoms with Crippen LogP contribution >= 0.6 is 39.1 Å². The second-order valence-electron chi connectivity index (χ2n) is 5.85. The topological polar surface area (TPSA) is 17.8 Å². The van der Waals surface area contributed by atoms with Gasteiger partial charge in [0.1, 0.15) is 10.4 Å². The molecule has 0 spiro atoms. The van der Waals surface area contributed by atoms with E-state index in [1.807, 2.05) is 18.3 Å². The van der Waals surface area contributed by atoms with Crippen molar-refractivity contribution in [1.82, 2.24) is 9.55 Å². The molecule has 0 bridgehead atoms. The molecule has 0 amide bonds. The Morgan fingerprint density at radius 1 is 1.33 bits per heavy atom. The maximum atomic E-state index is 6.32. The molecular weight excluding hydrogens is 407 g/mol. The van der Waals surface area contributed by atoms with E-state index in [9.17, 15) is 0 Å². The van der Waals surface area contributed by atoms with Crippen molar-refractivity contribution in [3.63, 3.8) is 0 Å². The van der Waals surface area contributed by atoms with Crippen molar-refractivity contribution < 1.29 is 0 Å². The van der Waals surface area contributed by atoms with Gasteiger partial charge >= 0.3 is 0 Å². The molecule has 0 N–H and O–H groups in total. The maximum Gasteiger partial charge on any atom is 0.141 e. The summed E-state index contributed by atoms with van der Waals surface area (Å²) in [5, 5.41) is 1.37. The van der Waals surface area contributed by atoms with Crippen molar-refractivity contribution in [3.05, 3.63) is 80.8 Å². The summed E-state index contributed by atoms with van der Waals surface area (Å²) >= 11 is 16.0. The van der Waals surface area contributed by atoms with Crippen LogP contribution in [-0.2, 0) is 6.54 Å². The number of imidazole rings is 1. The molecule has 1 heterocycles. The van der Waals surface area contributed by atoms with Crippen LogP contribution in [0.5, 0.6) is 0 Å². The predicted octanol–water partition coefficient (Wildman–Crippen LogP) is 6.54. The maximum absolute atomic E-state index is 6.32. The first-order chi connectivity index (χ1) is 11.5. The highest BCUT2D eigenvalue weighted by Crippen LogP contribution is 2.27. The van der Waals surface area contributed by atoms with Gasteiger partial charge in [-0.15, -0.1) is 0 Å². The summed E-state index contributed by atoms with van der Waals surface area (Å²) < 4.78 is 2.99. The summed E-state index contributed by atoms with van der Waals surface area (Å²) in [5.41, 5.74) is 2.03. The molecule has 0 radical (unpaired) electrons. The molecule has 3 rings (SSSR count). The number of halogens is 3. The number of allylic oxidation sites excluding steroid dienone is 6. The van der Waals surface area contributed by atoms with Gasteiger partial charge in [0.2, 0.25) is 0 Å². The van der Waals surface area contributed by atoms with Crippen LogP contribution in [0, 0.1) is 5.92 Å². The zero-order valence-electron chi connectivity index (χ0n) is 13.2. The Bertz CT molecular complexity index is 834. The third-order valence-corrected chi connectivity index (χ3v) is 5.16. The van der Waals surface area contributed by atoms with Gasteiger partial charge in [-0.05, 0) is 52.0 Å². The smallest absolute Gasteiger partial charge is 0.141 e. The summed E-state index contributed by atoms with van der Waals surface area (Å²) in [6.45, 7) is 2.80. The Morgan fingerprint density at radius 3 is 3.00 bits per heavy atom. The third-order valence-electron chi connectivity index (χ3n) is 3.92. The Hall–Kier alpha value is -1.29. The SMILES string of the molecule is CC1\C=C/C=C(c2ncc(Br)n2Cc2cc(Cl)ccc2Cl)\C=C\C1. The highest BCUT2D eigenvalue weighted by Gasteiger charge is 2.13. The second-order valence-corrected chi connectivity index (χ2v) is 7.50. The first-order valence-corrected chi connectivity index (χ1v) is 9.30. The fraction of sp³-hybridized carbons (Fsp3) is 0.211. The molecule has 0 saturated heterocycles. The molecule has 1 unspecified atom stereocenters. The van der Waals surface area contributed by atoms with Gasteiger partial charge < -0.3 is 4.57 Å². The zero-order chi connectivity index (χ0) is 17.1. The van der Waals surface area contributed by atoms with Gasteiger partial charge in [-0.1, -0.05) is 60.5 Å². The molecule has 1 atom stereocenters.